The normalized spacial score (nSPS) is 27.2. The maximum atomic E-state index is 12.6. The van der Waals surface area contributed by atoms with Crippen molar-refractivity contribution in [2.45, 2.75) is 25.6 Å². The number of aromatic nitrogens is 2. The molecule has 3 heterocycles. The van der Waals surface area contributed by atoms with Crippen molar-refractivity contribution in [1.82, 2.24) is 14.5 Å². The van der Waals surface area contributed by atoms with Gasteiger partial charge in [-0.2, -0.15) is 0 Å². The number of anilines is 1. The average molecular weight is 336 g/mol. The number of carbonyl (C=O) groups excluding carboxylic acids is 1. The van der Waals surface area contributed by atoms with E-state index >= 15 is 0 Å². The largest absolute Gasteiger partial charge is 0.378 e. The van der Waals surface area contributed by atoms with Crippen LogP contribution in [0.4, 0.5) is 5.82 Å². The first kappa shape index (κ1) is 16.9. The number of amides is 1. The highest BCUT2D eigenvalue weighted by molar-refractivity contribution is 5.79. The van der Waals surface area contributed by atoms with Gasteiger partial charge in [0.1, 0.15) is 0 Å². The minimum absolute atomic E-state index is 0.0199. The van der Waals surface area contributed by atoms with Gasteiger partial charge in [-0.15, -0.1) is 0 Å². The third-order valence-corrected chi connectivity index (χ3v) is 4.66. The summed E-state index contributed by atoms with van der Waals surface area (Å²) in [6.45, 7) is 4.65. The van der Waals surface area contributed by atoms with E-state index in [0.717, 1.165) is 6.42 Å². The third kappa shape index (κ3) is 3.59. The molecule has 0 aliphatic carbocycles. The maximum Gasteiger partial charge on any atom is 0.293 e. The van der Waals surface area contributed by atoms with Crippen LogP contribution in [-0.2, 0) is 21.3 Å². The molecule has 2 aliphatic heterocycles. The zero-order valence-electron chi connectivity index (χ0n) is 14.1. The van der Waals surface area contributed by atoms with Gasteiger partial charge in [-0.25, -0.2) is 4.98 Å². The van der Waals surface area contributed by atoms with Crippen LogP contribution in [0, 0.1) is 5.92 Å². The topological polar surface area (TPSA) is 85.7 Å². The Hall–Kier alpha value is -1.93. The minimum Gasteiger partial charge on any atom is -0.378 e. The Bertz CT molecular complexity index is 647. The van der Waals surface area contributed by atoms with Gasteiger partial charge in [-0.05, 0) is 13.3 Å². The molecule has 0 saturated carbocycles. The Labute approximate surface area is 140 Å². The lowest BCUT2D eigenvalue weighted by molar-refractivity contribution is -0.144. The van der Waals surface area contributed by atoms with Crippen molar-refractivity contribution in [1.29, 1.82) is 0 Å². The van der Waals surface area contributed by atoms with Gasteiger partial charge in [0.2, 0.25) is 5.91 Å². The van der Waals surface area contributed by atoms with Crippen LogP contribution in [0.15, 0.2) is 17.2 Å². The molecule has 1 aromatic rings. The highest BCUT2D eigenvalue weighted by Gasteiger charge is 2.35. The van der Waals surface area contributed by atoms with Crippen LogP contribution in [0.25, 0.3) is 0 Å². The molecule has 0 aromatic carbocycles. The molecule has 2 fully saturated rings. The fraction of sp³-hybridized carbons (Fsp3) is 0.688. The molecule has 0 spiro atoms. The Morgan fingerprint density at radius 2 is 2.25 bits per heavy atom. The van der Waals surface area contributed by atoms with Crippen LogP contribution >= 0.6 is 0 Å². The lowest BCUT2D eigenvalue weighted by Gasteiger charge is -2.35. The molecule has 1 aromatic heterocycles. The summed E-state index contributed by atoms with van der Waals surface area (Å²) in [5.74, 6) is 0.381. The summed E-state index contributed by atoms with van der Waals surface area (Å²) in [6.07, 6.45) is 3.78. The third-order valence-electron chi connectivity index (χ3n) is 4.66. The first-order chi connectivity index (χ1) is 11.6. The van der Waals surface area contributed by atoms with Crippen molar-refractivity contribution in [3.05, 3.63) is 22.7 Å². The molecule has 24 heavy (non-hydrogen) atoms. The number of hydrogen-bond donors (Lipinski definition) is 1. The van der Waals surface area contributed by atoms with E-state index in [0.29, 0.717) is 38.7 Å². The number of rotatable bonds is 4. The SMILES string of the molecule is C[C@@H]1OCC[C@H]1C(=O)N1CCO[C@H](CNc2nccn(C)c2=O)C1. The van der Waals surface area contributed by atoms with E-state index in [2.05, 4.69) is 10.3 Å². The molecule has 8 nitrogen and oxygen atoms in total. The van der Waals surface area contributed by atoms with Gasteiger partial charge in [0, 0.05) is 45.7 Å². The van der Waals surface area contributed by atoms with E-state index in [4.69, 9.17) is 9.47 Å². The highest BCUT2D eigenvalue weighted by Crippen LogP contribution is 2.23. The van der Waals surface area contributed by atoms with Crippen molar-refractivity contribution in [2.24, 2.45) is 13.0 Å². The Morgan fingerprint density at radius 3 is 3.00 bits per heavy atom. The summed E-state index contributed by atoms with van der Waals surface area (Å²) >= 11 is 0. The first-order valence-electron chi connectivity index (χ1n) is 8.33. The van der Waals surface area contributed by atoms with Crippen molar-refractivity contribution in [3.8, 4) is 0 Å². The van der Waals surface area contributed by atoms with Gasteiger partial charge < -0.3 is 24.3 Å². The maximum absolute atomic E-state index is 12.6. The van der Waals surface area contributed by atoms with Gasteiger partial charge in [0.25, 0.3) is 5.56 Å². The van der Waals surface area contributed by atoms with Crippen LogP contribution < -0.4 is 10.9 Å². The van der Waals surface area contributed by atoms with E-state index in [9.17, 15) is 9.59 Å². The Kier molecular flexibility index (Phi) is 5.15. The van der Waals surface area contributed by atoms with Crippen molar-refractivity contribution >= 4 is 11.7 Å². The summed E-state index contributed by atoms with van der Waals surface area (Å²) in [5, 5.41) is 3.03. The van der Waals surface area contributed by atoms with Gasteiger partial charge >= 0.3 is 0 Å². The molecule has 3 rings (SSSR count). The lowest BCUT2D eigenvalue weighted by Crippen LogP contribution is -2.50. The van der Waals surface area contributed by atoms with Crippen LogP contribution in [0.2, 0.25) is 0 Å². The standard InChI is InChI=1S/C16H24N4O4/c1-11-13(3-7-23-11)15(21)20-6-8-24-12(10-20)9-18-14-16(22)19(2)5-4-17-14/h4-5,11-13H,3,6-10H2,1-2H3,(H,17,18)/t11-,12+,13+/m0/s1. The molecule has 132 valence electrons. The fourth-order valence-electron chi connectivity index (χ4n) is 3.16. The monoisotopic (exact) mass is 336 g/mol. The fourth-order valence-corrected chi connectivity index (χ4v) is 3.16. The predicted octanol–water partition coefficient (Wildman–Crippen LogP) is -0.155. The number of nitrogens with zero attached hydrogens (tertiary/aromatic N) is 3. The molecule has 8 heteroatoms. The summed E-state index contributed by atoms with van der Waals surface area (Å²) in [7, 11) is 1.68. The molecule has 0 unspecified atom stereocenters. The minimum atomic E-state index is -0.182. The second kappa shape index (κ2) is 7.31. The smallest absolute Gasteiger partial charge is 0.293 e. The first-order valence-corrected chi connectivity index (χ1v) is 8.33. The lowest BCUT2D eigenvalue weighted by atomic mass is 10.0. The summed E-state index contributed by atoms with van der Waals surface area (Å²) < 4.78 is 12.7. The van der Waals surface area contributed by atoms with Crippen molar-refractivity contribution < 1.29 is 14.3 Å². The molecule has 0 radical (unpaired) electrons. The molecular formula is C16H24N4O4. The van der Waals surface area contributed by atoms with E-state index in [1.54, 1.807) is 19.4 Å². The summed E-state index contributed by atoms with van der Waals surface area (Å²) in [4.78, 5) is 30.5. The van der Waals surface area contributed by atoms with Gasteiger partial charge in [-0.3, -0.25) is 9.59 Å². The highest BCUT2D eigenvalue weighted by atomic mass is 16.5. The van der Waals surface area contributed by atoms with Crippen molar-refractivity contribution in [3.63, 3.8) is 0 Å². The second-order valence-corrected chi connectivity index (χ2v) is 6.32. The number of ether oxygens (including phenoxy) is 2. The average Bonchev–Trinajstić information content (AvgIpc) is 3.02. The Balaban J connectivity index is 1.56. The predicted molar refractivity (Wildman–Crippen MR) is 87.8 cm³/mol. The second-order valence-electron chi connectivity index (χ2n) is 6.32. The van der Waals surface area contributed by atoms with Gasteiger partial charge in [0.05, 0.1) is 24.7 Å². The molecule has 3 atom stereocenters. The van der Waals surface area contributed by atoms with Crippen LogP contribution in [0.5, 0.6) is 0 Å². The summed E-state index contributed by atoms with van der Waals surface area (Å²) in [5.41, 5.74) is -0.182. The molecule has 0 bridgehead atoms. The molecule has 2 aliphatic rings. The zero-order valence-corrected chi connectivity index (χ0v) is 14.1. The quantitative estimate of drug-likeness (QED) is 0.823. The molecule has 2 saturated heterocycles. The van der Waals surface area contributed by atoms with E-state index in [1.807, 2.05) is 11.8 Å². The number of carbonyl (C=O) groups is 1. The van der Waals surface area contributed by atoms with Crippen LogP contribution in [0.3, 0.4) is 0 Å². The number of aryl methyl sites for hydroxylation is 1. The van der Waals surface area contributed by atoms with E-state index in [-0.39, 0.29) is 29.6 Å². The molecule has 1 N–H and O–H groups in total. The van der Waals surface area contributed by atoms with E-state index < -0.39 is 0 Å². The van der Waals surface area contributed by atoms with Crippen molar-refractivity contribution in [2.75, 3.05) is 38.2 Å². The number of morpholine rings is 1. The van der Waals surface area contributed by atoms with Crippen LogP contribution in [-0.4, -0.2) is 65.4 Å². The van der Waals surface area contributed by atoms with Gasteiger partial charge in [0.15, 0.2) is 5.82 Å². The van der Waals surface area contributed by atoms with Crippen LogP contribution in [0.1, 0.15) is 13.3 Å². The summed E-state index contributed by atoms with van der Waals surface area (Å²) in [6, 6.07) is 0. The Morgan fingerprint density at radius 1 is 1.42 bits per heavy atom. The van der Waals surface area contributed by atoms with E-state index in [1.165, 1.54) is 4.57 Å². The van der Waals surface area contributed by atoms with Gasteiger partial charge in [-0.1, -0.05) is 0 Å². The number of nitrogens with one attached hydrogen (secondary N) is 1. The molecule has 1 amide bonds. The zero-order chi connectivity index (χ0) is 17.1. The number of hydrogen-bond acceptors (Lipinski definition) is 6. The molecular weight excluding hydrogens is 312 g/mol.